The number of rotatable bonds is 6. The number of pyridine rings is 1. The van der Waals surface area contributed by atoms with Crippen LogP contribution in [0.3, 0.4) is 0 Å². The van der Waals surface area contributed by atoms with E-state index in [0.29, 0.717) is 32.0 Å². The first kappa shape index (κ1) is 24.7. The number of H-pyrrole nitrogens is 1. The van der Waals surface area contributed by atoms with Crippen molar-refractivity contribution in [2.24, 2.45) is 5.10 Å². The van der Waals surface area contributed by atoms with Gasteiger partial charge in [-0.3, -0.25) is 10.1 Å². The highest BCUT2D eigenvalue weighted by Crippen LogP contribution is 2.19. The van der Waals surface area contributed by atoms with Crippen LogP contribution in [0.25, 0.3) is 0 Å². The maximum Gasteiger partial charge on any atom is 0.245 e. The Morgan fingerprint density at radius 2 is 1.89 bits per heavy atom. The van der Waals surface area contributed by atoms with E-state index in [1.807, 2.05) is 55.3 Å². The van der Waals surface area contributed by atoms with Crippen molar-refractivity contribution in [2.45, 2.75) is 13.8 Å². The number of aromatic amines is 1. The number of aryl methyl sites for hydroxylation is 2. The van der Waals surface area contributed by atoms with Crippen LogP contribution in [-0.2, 0) is 4.74 Å². The molecule has 0 spiro atoms. The molecule has 0 radical (unpaired) electrons. The normalized spacial score (nSPS) is 13.2. The Labute approximate surface area is 208 Å². The van der Waals surface area contributed by atoms with Crippen molar-refractivity contribution in [1.82, 2.24) is 25.1 Å². The maximum atomic E-state index is 14.1. The lowest BCUT2D eigenvalue weighted by Crippen LogP contribution is -2.37. The van der Waals surface area contributed by atoms with Crippen molar-refractivity contribution < 1.29 is 9.13 Å². The number of ether oxygens (including phenoxy) is 1. The lowest BCUT2D eigenvalue weighted by molar-refractivity contribution is 0.122. The molecule has 1 aliphatic heterocycles. The minimum atomic E-state index is -0.468. The molecule has 0 aliphatic carbocycles. The standard InChI is InChI=1S/C21H22FN7O.C4H6N2/c1-15-3-2-4-16(11-15)26-18-6-5-17(23-12-18)13-25-28-21-24-14-19(22)20(27-21)29-7-9-30-10-8-29;1-4-2-5-6-3-4/h2-6,11-14,26H,7-10H2,1H3,(H,24,27,28);2-3H,1H3,(H,5,6)/b25-13+;. The van der Waals surface area contributed by atoms with Crippen molar-refractivity contribution in [3.05, 3.63) is 83.8 Å². The quantitative estimate of drug-likeness (QED) is 0.274. The van der Waals surface area contributed by atoms with Crippen molar-refractivity contribution in [1.29, 1.82) is 0 Å². The molecule has 186 valence electrons. The second kappa shape index (κ2) is 12.4. The fourth-order valence-corrected chi connectivity index (χ4v) is 3.33. The molecule has 0 atom stereocenters. The topological polar surface area (TPSA) is 116 Å². The van der Waals surface area contributed by atoms with Gasteiger partial charge in [0, 0.05) is 25.0 Å². The van der Waals surface area contributed by atoms with Gasteiger partial charge in [0.25, 0.3) is 0 Å². The highest BCUT2D eigenvalue weighted by Gasteiger charge is 2.17. The Balaban J connectivity index is 0.000000445. The largest absolute Gasteiger partial charge is 0.378 e. The SMILES string of the molecule is Cc1cccc(Nc2ccc(/C=N/Nc3ncc(F)c(N4CCOCC4)n3)nc2)c1.Cc1cn[nH]c1. The zero-order valence-corrected chi connectivity index (χ0v) is 20.1. The Morgan fingerprint density at radius 1 is 1.03 bits per heavy atom. The third-order valence-electron chi connectivity index (χ3n) is 5.13. The van der Waals surface area contributed by atoms with Gasteiger partial charge in [0.1, 0.15) is 0 Å². The number of nitrogens with one attached hydrogen (secondary N) is 3. The van der Waals surface area contributed by atoms with Crippen LogP contribution in [0.5, 0.6) is 0 Å². The van der Waals surface area contributed by atoms with E-state index in [2.05, 4.69) is 47.1 Å². The van der Waals surface area contributed by atoms with Crippen molar-refractivity contribution in [3.63, 3.8) is 0 Å². The van der Waals surface area contributed by atoms with Crippen LogP contribution >= 0.6 is 0 Å². The molecule has 36 heavy (non-hydrogen) atoms. The molecule has 10 nitrogen and oxygen atoms in total. The smallest absolute Gasteiger partial charge is 0.245 e. The lowest BCUT2D eigenvalue weighted by Gasteiger charge is -2.27. The summed E-state index contributed by atoms with van der Waals surface area (Å²) in [4.78, 5) is 14.3. The van der Waals surface area contributed by atoms with Crippen molar-refractivity contribution in [2.75, 3.05) is 41.9 Å². The summed E-state index contributed by atoms with van der Waals surface area (Å²) in [5.41, 5.74) is 7.63. The Kier molecular flexibility index (Phi) is 8.49. The summed E-state index contributed by atoms with van der Waals surface area (Å²) in [6.07, 6.45) is 8.05. The van der Waals surface area contributed by atoms with Crippen LogP contribution in [0.2, 0.25) is 0 Å². The van der Waals surface area contributed by atoms with E-state index < -0.39 is 5.82 Å². The van der Waals surface area contributed by atoms with Gasteiger partial charge in [-0.1, -0.05) is 12.1 Å². The highest BCUT2D eigenvalue weighted by molar-refractivity contribution is 5.78. The molecule has 3 aromatic heterocycles. The number of aromatic nitrogens is 5. The number of anilines is 4. The van der Waals surface area contributed by atoms with Crippen molar-refractivity contribution >= 4 is 29.4 Å². The molecule has 3 N–H and O–H groups in total. The van der Waals surface area contributed by atoms with Gasteiger partial charge in [-0.25, -0.2) is 14.8 Å². The summed E-state index contributed by atoms with van der Waals surface area (Å²) in [5, 5.41) is 13.8. The molecule has 5 rings (SSSR count). The minimum absolute atomic E-state index is 0.215. The lowest BCUT2D eigenvalue weighted by atomic mass is 10.2. The summed E-state index contributed by atoms with van der Waals surface area (Å²) >= 11 is 0. The first-order valence-electron chi connectivity index (χ1n) is 11.5. The van der Waals surface area contributed by atoms with Gasteiger partial charge in [0.2, 0.25) is 5.95 Å². The number of nitrogens with zero attached hydrogens (tertiary/aromatic N) is 6. The van der Waals surface area contributed by atoms with Gasteiger partial charge >= 0.3 is 0 Å². The molecule has 1 fully saturated rings. The van der Waals surface area contributed by atoms with E-state index in [1.54, 1.807) is 18.6 Å². The van der Waals surface area contributed by atoms with Gasteiger partial charge in [-0.2, -0.15) is 15.2 Å². The fourth-order valence-electron chi connectivity index (χ4n) is 3.33. The van der Waals surface area contributed by atoms with Crippen LogP contribution < -0.4 is 15.6 Å². The zero-order chi connectivity index (χ0) is 25.2. The Hall–Kier alpha value is -4.38. The monoisotopic (exact) mass is 489 g/mol. The van der Waals surface area contributed by atoms with Crippen LogP contribution in [-0.4, -0.2) is 57.7 Å². The van der Waals surface area contributed by atoms with E-state index in [0.717, 1.165) is 17.6 Å². The second-order valence-corrected chi connectivity index (χ2v) is 8.08. The molecule has 1 aliphatic rings. The fraction of sp³-hybridized carbons (Fsp3) is 0.240. The van der Waals surface area contributed by atoms with E-state index in [9.17, 15) is 4.39 Å². The highest BCUT2D eigenvalue weighted by atomic mass is 19.1. The summed E-state index contributed by atoms with van der Waals surface area (Å²) in [7, 11) is 0. The van der Waals surface area contributed by atoms with Crippen LogP contribution in [0.1, 0.15) is 16.8 Å². The Bertz CT molecular complexity index is 1260. The number of benzene rings is 1. The first-order chi connectivity index (χ1) is 17.6. The Morgan fingerprint density at radius 3 is 2.56 bits per heavy atom. The third-order valence-corrected chi connectivity index (χ3v) is 5.13. The number of hydrogen-bond acceptors (Lipinski definition) is 9. The molecule has 4 heterocycles. The minimum Gasteiger partial charge on any atom is -0.378 e. The van der Waals surface area contributed by atoms with Gasteiger partial charge in [0.15, 0.2) is 11.6 Å². The van der Waals surface area contributed by atoms with Gasteiger partial charge in [0.05, 0.1) is 49.4 Å². The summed E-state index contributed by atoms with van der Waals surface area (Å²) < 4.78 is 19.4. The number of hydrogen-bond donors (Lipinski definition) is 3. The molecule has 0 amide bonds. The number of halogens is 1. The third kappa shape index (κ3) is 7.31. The molecule has 1 aromatic carbocycles. The molecule has 11 heteroatoms. The summed E-state index contributed by atoms with van der Waals surface area (Å²) in [5.74, 6) is -0.00706. The molecular weight excluding hydrogens is 461 g/mol. The van der Waals surface area contributed by atoms with E-state index in [1.165, 1.54) is 11.1 Å². The summed E-state index contributed by atoms with van der Waals surface area (Å²) in [6.45, 7) is 6.30. The molecular formula is C25H28FN9O. The number of morpholine rings is 1. The zero-order valence-electron chi connectivity index (χ0n) is 20.1. The van der Waals surface area contributed by atoms with Crippen LogP contribution in [0.15, 0.2) is 66.3 Å². The predicted molar refractivity (Wildman–Crippen MR) is 138 cm³/mol. The molecule has 0 unspecified atom stereocenters. The maximum absolute atomic E-state index is 14.1. The van der Waals surface area contributed by atoms with E-state index >= 15 is 0 Å². The van der Waals surface area contributed by atoms with E-state index in [-0.39, 0.29) is 11.8 Å². The van der Waals surface area contributed by atoms with Crippen molar-refractivity contribution in [3.8, 4) is 0 Å². The number of hydrazone groups is 1. The molecule has 0 bridgehead atoms. The van der Waals surface area contributed by atoms with Crippen LogP contribution in [0, 0.1) is 19.7 Å². The van der Waals surface area contributed by atoms with Gasteiger partial charge < -0.3 is 15.0 Å². The molecule has 1 saturated heterocycles. The average molecular weight is 490 g/mol. The second-order valence-electron chi connectivity index (χ2n) is 8.08. The average Bonchev–Trinajstić information content (AvgIpc) is 3.38. The summed E-state index contributed by atoms with van der Waals surface area (Å²) in [6, 6.07) is 11.9. The van der Waals surface area contributed by atoms with E-state index in [4.69, 9.17) is 4.74 Å². The predicted octanol–water partition coefficient (Wildman–Crippen LogP) is 4.06. The molecule has 0 saturated carbocycles. The van der Waals surface area contributed by atoms with Gasteiger partial charge in [-0.15, -0.1) is 0 Å². The van der Waals surface area contributed by atoms with Crippen LogP contribution in [0.4, 0.5) is 27.5 Å². The first-order valence-corrected chi connectivity index (χ1v) is 11.5. The molecule has 4 aromatic rings. The van der Waals surface area contributed by atoms with Gasteiger partial charge in [-0.05, 0) is 49.2 Å².